The molecule has 0 fully saturated rings. The zero-order chi connectivity index (χ0) is 17.5. The standard InChI is InChI=1S/C18H18N2O4/c1-12-6-3-4-9-15(12)17(22)19-11-16(21)20-14-8-5-7-13(10-14)18(23)24-2/h3-10H,11H2,1-2H3,(H,19,22)(H,20,21). The second-order valence-electron chi connectivity index (χ2n) is 5.12. The monoisotopic (exact) mass is 326 g/mol. The molecule has 6 heteroatoms. The maximum absolute atomic E-state index is 12.1. The van der Waals surface area contributed by atoms with Crippen molar-refractivity contribution in [2.24, 2.45) is 0 Å². The Morgan fingerprint density at radius 1 is 1.04 bits per heavy atom. The average molecular weight is 326 g/mol. The van der Waals surface area contributed by atoms with Gasteiger partial charge in [-0.3, -0.25) is 9.59 Å². The molecule has 0 bridgehead atoms. The second kappa shape index (κ2) is 7.92. The van der Waals surface area contributed by atoms with Gasteiger partial charge in [-0.2, -0.15) is 0 Å². The molecule has 0 aliphatic rings. The van der Waals surface area contributed by atoms with Crippen LogP contribution in [0.15, 0.2) is 48.5 Å². The molecule has 0 aliphatic carbocycles. The fraction of sp³-hybridized carbons (Fsp3) is 0.167. The van der Waals surface area contributed by atoms with Crippen LogP contribution in [0.1, 0.15) is 26.3 Å². The number of carbonyl (C=O) groups is 3. The lowest BCUT2D eigenvalue weighted by atomic mass is 10.1. The summed E-state index contributed by atoms with van der Waals surface area (Å²) in [4.78, 5) is 35.5. The van der Waals surface area contributed by atoms with Crippen molar-refractivity contribution in [3.05, 3.63) is 65.2 Å². The topological polar surface area (TPSA) is 84.5 Å². The van der Waals surface area contributed by atoms with Gasteiger partial charge in [0, 0.05) is 11.3 Å². The summed E-state index contributed by atoms with van der Waals surface area (Å²) in [5.41, 5.74) is 2.14. The number of methoxy groups -OCH3 is 1. The number of benzene rings is 2. The van der Waals surface area contributed by atoms with Crippen molar-refractivity contribution >= 4 is 23.5 Å². The van der Waals surface area contributed by atoms with Gasteiger partial charge in [-0.1, -0.05) is 24.3 Å². The molecule has 2 amide bonds. The van der Waals surface area contributed by atoms with E-state index in [1.807, 2.05) is 19.1 Å². The van der Waals surface area contributed by atoms with Gasteiger partial charge in [0.15, 0.2) is 0 Å². The maximum atomic E-state index is 12.1. The Kier molecular flexibility index (Phi) is 5.68. The fourth-order valence-electron chi connectivity index (χ4n) is 2.13. The van der Waals surface area contributed by atoms with Crippen LogP contribution in [0.4, 0.5) is 5.69 Å². The summed E-state index contributed by atoms with van der Waals surface area (Å²) in [6, 6.07) is 13.5. The first-order valence-electron chi connectivity index (χ1n) is 7.33. The van der Waals surface area contributed by atoms with Crippen LogP contribution < -0.4 is 10.6 Å². The lowest BCUT2D eigenvalue weighted by Crippen LogP contribution is -2.33. The lowest BCUT2D eigenvalue weighted by molar-refractivity contribution is -0.115. The largest absolute Gasteiger partial charge is 0.465 e. The van der Waals surface area contributed by atoms with Gasteiger partial charge in [0.25, 0.3) is 5.91 Å². The highest BCUT2D eigenvalue weighted by Crippen LogP contribution is 2.11. The highest BCUT2D eigenvalue weighted by molar-refractivity contribution is 6.00. The average Bonchev–Trinajstić information content (AvgIpc) is 2.59. The Morgan fingerprint density at radius 3 is 2.50 bits per heavy atom. The van der Waals surface area contributed by atoms with E-state index in [9.17, 15) is 14.4 Å². The summed E-state index contributed by atoms with van der Waals surface area (Å²) in [6.45, 7) is 1.66. The fourth-order valence-corrected chi connectivity index (χ4v) is 2.13. The van der Waals surface area contributed by atoms with E-state index in [-0.39, 0.29) is 18.4 Å². The summed E-state index contributed by atoms with van der Waals surface area (Å²) < 4.78 is 4.63. The maximum Gasteiger partial charge on any atom is 0.337 e. The lowest BCUT2D eigenvalue weighted by Gasteiger charge is -2.09. The molecule has 0 saturated carbocycles. The quantitative estimate of drug-likeness (QED) is 0.825. The molecule has 0 saturated heterocycles. The van der Waals surface area contributed by atoms with Crippen molar-refractivity contribution in [1.82, 2.24) is 5.32 Å². The predicted octanol–water partition coefficient (Wildman–Crippen LogP) is 2.15. The summed E-state index contributed by atoms with van der Waals surface area (Å²) in [6.07, 6.45) is 0. The van der Waals surface area contributed by atoms with Gasteiger partial charge >= 0.3 is 5.97 Å². The number of carbonyl (C=O) groups excluding carboxylic acids is 3. The number of amides is 2. The Morgan fingerprint density at radius 2 is 1.79 bits per heavy atom. The molecule has 2 aromatic carbocycles. The molecule has 0 atom stereocenters. The minimum atomic E-state index is -0.487. The van der Waals surface area contributed by atoms with Crippen molar-refractivity contribution in [3.63, 3.8) is 0 Å². The molecule has 0 aromatic heterocycles. The summed E-state index contributed by atoms with van der Waals surface area (Å²) >= 11 is 0. The Bertz CT molecular complexity index is 771. The third-order valence-electron chi connectivity index (χ3n) is 3.37. The Labute approximate surface area is 139 Å². The van der Waals surface area contributed by atoms with Gasteiger partial charge in [-0.25, -0.2) is 4.79 Å². The van der Waals surface area contributed by atoms with Crippen LogP contribution in [-0.4, -0.2) is 31.4 Å². The van der Waals surface area contributed by atoms with E-state index in [1.165, 1.54) is 13.2 Å². The van der Waals surface area contributed by atoms with E-state index in [0.717, 1.165) is 5.56 Å². The van der Waals surface area contributed by atoms with Gasteiger partial charge in [-0.15, -0.1) is 0 Å². The van der Waals surface area contributed by atoms with Crippen molar-refractivity contribution in [1.29, 1.82) is 0 Å². The molecule has 0 radical (unpaired) electrons. The van der Waals surface area contributed by atoms with Crippen LogP contribution in [0.3, 0.4) is 0 Å². The molecule has 6 nitrogen and oxygen atoms in total. The van der Waals surface area contributed by atoms with E-state index in [1.54, 1.807) is 30.3 Å². The molecule has 0 heterocycles. The Hall–Kier alpha value is -3.15. The number of hydrogen-bond acceptors (Lipinski definition) is 4. The van der Waals surface area contributed by atoms with Crippen LogP contribution >= 0.6 is 0 Å². The SMILES string of the molecule is COC(=O)c1cccc(NC(=O)CNC(=O)c2ccccc2C)c1. The molecule has 0 spiro atoms. The number of ether oxygens (including phenoxy) is 1. The van der Waals surface area contributed by atoms with Gasteiger partial charge in [0.1, 0.15) is 0 Å². The minimum absolute atomic E-state index is 0.171. The predicted molar refractivity (Wildman–Crippen MR) is 89.9 cm³/mol. The number of anilines is 1. The molecule has 24 heavy (non-hydrogen) atoms. The van der Waals surface area contributed by atoms with E-state index in [0.29, 0.717) is 16.8 Å². The zero-order valence-corrected chi connectivity index (χ0v) is 13.5. The van der Waals surface area contributed by atoms with Crippen LogP contribution in [0, 0.1) is 6.92 Å². The van der Waals surface area contributed by atoms with Crippen LogP contribution in [0.25, 0.3) is 0 Å². The van der Waals surface area contributed by atoms with Gasteiger partial charge in [-0.05, 0) is 36.8 Å². The second-order valence-corrected chi connectivity index (χ2v) is 5.12. The van der Waals surface area contributed by atoms with E-state index in [4.69, 9.17) is 0 Å². The molecule has 0 aliphatic heterocycles. The smallest absolute Gasteiger partial charge is 0.337 e. The summed E-state index contributed by atoms with van der Waals surface area (Å²) in [7, 11) is 1.29. The number of hydrogen-bond donors (Lipinski definition) is 2. The first kappa shape index (κ1) is 17.2. The minimum Gasteiger partial charge on any atom is -0.465 e. The van der Waals surface area contributed by atoms with E-state index >= 15 is 0 Å². The van der Waals surface area contributed by atoms with E-state index < -0.39 is 5.97 Å². The normalized spacial score (nSPS) is 9.92. The number of aryl methyl sites for hydroxylation is 1. The first-order valence-corrected chi connectivity index (χ1v) is 7.33. The van der Waals surface area contributed by atoms with Gasteiger partial charge in [0.05, 0.1) is 19.2 Å². The van der Waals surface area contributed by atoms with Crippen molar-refractivity contribution in [2.75, 3.05) is 19.0 Å². The highest BCUT2D eigenvalue weighted by atomic mass is 16.5. The van der Waals surface area contributed by atoms with Gasteiger partial charge < -0.3 is 15.4 Å². The Balaban J connectivity index is 1.93. The van der Waals surface area contributed by atoms with Crippen LogP contribution in [-0.2, 0) is 9.53 Å². The van der Waals surface area contributed by atoms with E-state index in [2.05, 4.69) is 15.4 Å². The zero-order valence-electron chi connectivity index (χ0n) is 13.5. The van der Waals surface area contributed by atoms with Crippen molar-refractivity contribution < 1.29 is 19.1 Å². The molecule has 124 valence electrons. The third kappa shape index (κ3) is 4.42. The highest BCUT2D eigenvalue weighted by Gasteiger charge is 2.11. The molecular weight excluding hydrogens is 308 g/mol. The summed E-state index contributed by atoms with van der Waals surface area (Å²) in [5, 5.41) is 5.19. The molecule has 0 unspecified atom stereocenters. The molecular formula is C18H18N2O4. The van der Waals surface area contributed by atoms with Crippen LogP contribution in [0.5, 0.6) is 0 Å². The van der Waals surface area contributed by atoms with Crippen molar-refractivity contribution in [3.8, 4) is 0 Å². The number of esters is 1. The number of rotatable bonds is 5. The van der Waals surface area contributed by atoms with Crippen molar-refractivity contribution in [2.45, 2.75) is 6.92 Å². The molecule has 2 N–H and O–H groups in total. The third-order valence-corrected chi connectivity index (χ3v) is 3.37. The molecule has 2 aromatic rings. The first-order chi connectivity index (χ1) is 11.5. The van der Waals surface area contributed by atoms with Gasteiger partial charge in [0.2, 0.25) is 5.91 Å². The number of nitrogens with one attached hydrogen (secondary N) is 2. The summed E-state index contributed by atoms with van der Waals surface area (Å²) in [5.74, 6) is -1.19. The van der Waals surface area contributed by atoms with Crippen LogP contribution in [0.2, 0.25) is 0 Å². The molecule has 2 rings (SSSR count).